The lowest BCUT2D eigenvalue weighted by molar-refractivity contribution is -0.146. The molecule has 2 aromatic carbocycles. The SMILES string of the molecule is O=C1O[C@H]([C@@H](O)CO)C(O)=C1Nc1ccc(S(=O)(=O)c2ccc(NC3=C(O)[C@@H]([C@@H](O)CO)OC3=O)cc2)cc1. The second-order valence-electron chi connectivity index (χ2n) is 8.47. The summed E-state index contributed by atoms with van der Waals surface area (Å²) in [6, 6.07) is 10.4. The maximum atomic E-state index is 13.1. The van der Waals surface area contributed by atoms with Crippen LogP contribution in [0.4, 0.5) is 11.4 Å². The molecular formula is C24H24N2O12S. The third kappa shape index (κ3) is 5.39. The van der Waals surface area contributed by atoms with Crippen molar-refractivity contribution < 1.29 is 58.1 Å². The minimum Gasteiger partial charge on any atom is -0.506 e. The van der Waals surface area contributed by atoms with E-state index in [1.165, 1.54) is 48.5 Å². The van der Waals surface area contributed by atoms with Gasteiger partial charge >= 0.3 is 11.9 Å². The number of cyclic esters (lactones) is 2. The van der Waals surface area contributed by atoms with E-state index in [0.717, 1.165) is 0 Å². The zero-order valence-electron chi connectivity index (χ0n) is 19.9. The minimum absolute atomic E-state index is 0.102. The van der Waals surface area contributed by atoms with E-state index in [9.17, 15) is 38.4 Å². The first-order valence-corrected chi connectivity index (χ1v) is 12.8. The van der Waals surface area contributed by atoms with Gasteiger partial charge in [0.2, 0.25) is 9.84 Å². The van der Waals surface area contributed by atoms with Gasteiger partial charge in [0.15, 0.2) is 35.1 Å². The highest BCUT2D eigenvalue weighted by molar-refractivity contribution is 7.91. The smallest absolute Gasteiger partial charge is 0.359 e. The summed E-state index contributed by atoms with van der Waals surface area (Å²) in [4.78, 5) is 23.8. The van der Waals surface area contributed by atoms with Crippen LogP contribution in [0.2, 0.25) is 0 Å². The Bertz CT molecular complexity index is 1330. The van der Waals surface area contributed by atoms with Crippen molar-refractivity contribution in [3.05, 3.63) is 71.4 Å². The van der Waals surface area contributed by atoms with Crippen LogP contribution in [0.25, 0.3) is 0 Å². The van der Waals surface area contributed by atoms with Crippen molar-refractivity contribution in [3.8, 4) is 0 Å². The van der Waals surface area contributed by atoms with Crippen LogP contribution in [0, 0.1) is 0 Å². The van der Waals surface area contributed by atoms with Gasteiger partial charge in [-0.15, -0.1) is 0 Å². The molecule has 0 amide bonds. The quantitative estimate of drug-likeness (QED) is 0.169. The van der Waals surface area contributed by atoms with Crippen molar-refractivity contribution in [1.82, 2.24) is 0 Å². The molecule has 0 unspecified atom stereocenters. The van der Waals surface area contributed by atoms with Crippen molar-refractivity contribution >= 4 is 33.2 Å². The average molecular weight is 565 g/mol. The summed E-state index contributed by atoms with van der Waals surface area (Å²) in [6.07, 6.45) is -5.91. The van der Waals surface area contributed by atoms with Gasteiger partial charge in [-0.25, -0.2) is 18.0 Å². The van der Waals surface area contributed by atoms with Crippen LogP contribution in [0.1, 0.15) is 0 Å². The Labute approximate surface area is 221 Å². The van der Waals surface area contributed by atoms with Gasteiger partial charge in [0.05, 0.1) is 23.0 Å². The van der Waals surface area contributed by atoms with Crippen molar-refractivity contribution in [3.63, 3.8) is 0 Å². The normalized spacial score (nSPS) is 21.0. The topological polar surface area (TPSA) is 232 Å². The zero-order chi connectivity index (χ0) is 28.5. The van der Waals surface area contributed by atoms with Crippen molar-refractivity contribution in [2.24, 2.45) is 0 Å². The molecule has 208 valence electrons. The summed E-state index contributed by atoms with van der Waals surface area (Å²) in [7, 11) is -4.00. The highest BCUT2D eigenvalue weighted by Gasteiger charge is 2.40. The lowest BCUT2D eigenvalue weighted by Crippen LogP contribution is -2.31. The van der Waals surface area contributed by atoms with E-state index >= 15 is 0 Å². The Balaban J connectivity index is 1.48. The average Bonchev–Trinajstić information content (AvgIpc) is 3.37. The molecule has 0 aliphatic carbocycles. The third-order valence-corrected chi connectivity index (χ3v) is 7.65. The molecule has 0 spiro atoms. The second kappa shape index (κ2) is 10.9. The molecule has 2 aliphatic heterocycles. The predicted molar refractivity (Wildman–Crippen MR) is 131 cm³/mol. The van der Waals surface area contributed by atoms with Crippen LogP contribution in [0.3, 0.4) is 0 Å². The minimum atomic E-state index is -4.00. The second-order valence-corrected chi connectivity index (χ2v) is 10.4. The van der Waals surface area contributed by atoms with E-state index in [1.54, 1.807) is 0 Å². The molecule has 39 heavy (non-hydrogen) atoms. The molecule has 2 aliphatic rings. The number of hydrogen-bond acceptors (Lipinski definition) is 14. The number of ether oxygens (including phenoxy) is 2. The number of carbonyl (C=O) groups excluding carboxylic acids is 2. The molecule has 4 rings (SSSR count). The first-order chi connectivity index (χ1) is 18.5. The van der Waals surface area contributed by atoms with Gasteiger partial charge in [-0.3, -0.25) is 0 Å². The van der Waals surface area contributed by atoms with E-state index in [1.807, 2.05) is 0 Å². The molecule has 2 aromatic rings. The number of aliphatic hydroxyl groups is 6. The number of esters is 2. The van der Waals surface area contributed by atoms with E-state index in [-0.39, 0.29) is 32.6 Å². The molecule has 0 radical (unpaired) electrons. The third-order valence-electron chi connectivity index (χ3n) is 5.87. The van der Waals surface area contributed by atoms with E-state index in [2.05, 4.69) is 10.6 Å². The lowest BCUT2D eigenvalue weighted by atomic mass is 10.1. The summed E-state index contributed by atoms with van der Waals surface area (Å²) in [5.74, 6) is -3.15. The molecule has 15 heteroatoms. The number of hydrogen-bond donors (Lipinski definition) is 8. The van der Waals surface area contributed by atoms with Crippen LogP contribution >= 0.6 is 0 Å². The number of anilines is 2. The van der Waals surface area contributed by atoms with Crippen LogP contribution in [-0.4, -0.2) is 88.6 Å². The molecule has 14 nitrogen and oxygen atoms in total. The van der Waals surface area contributed by atoms with E-state index in [4.69, 9.17) is 19.7 Å². The molecule has 0 saturated heterocycles. The van der Waals surface area contributed by atoms with Crippen molar-refractivity contribution in [2.45, 2.75) is 34.2 Å². The van der Waals surface area contributed by atoms with Gasteiger partial charge < -0.3 is 50.7 Å². The summed E-state index contributed by atoms with van der Waals surface area (Å²) in [5, 5.41) is 62.8. The fraction of sp³-hybridized carbons (Fsp3) is 0.250. The largest absolute Gasteiger partial charge is 0.506 e. The summed E-state index contributed by atoms with van der Waals surface area (Å²) >= 11 is 0. The van der Waals surface area contributed by atoms with Gasteiger partial charge in [-0.1, -0.05) is 0 Å². The maximum Gasteiger partial charge on any atom is 0.359 e. The van der Waals surface area contributed by atoms with Gasteiger partial charge in [0.25, 0.3) is 0 Å². The lowest BCUT2D eigenvalue weighted by Gasteiger charge is -2.14. The fourth-order valence-corrected chi connectivity index (χ4v) is 5.02. The predicted octanol–water partition coefficient (Wildman–Crippen LogP) is -0.560. The fourth-order valence-electron chi connectivity index (χ4n) is 3.76. The van der Waals surface area contributed by atoms with Crippen LogP contribution in [0.5, 0.6) is 0 Å². The van der Waals surface area contributed by atoms with Crippen LogP contribution in [-0.2, 0) is 28.9 Å². The first kappa shape index (κ1) is 27.9. The molecule has 0 bridgehead atoms. The van der Waals surface area contributed by atoms with Gasteiger partial charge in [0.1, 0.15) is 12.2 Å². The van der Waals surface area contributed by atoms with E-state index in [0.29, 0.717) is 0 Å². The zero-order valence-corrected chi connectivity index (χ0v) is 20.7. The van der Waals surface area contributed by atoms with Crippen molar-refractivity contribution in [2.75, 3.05) is 23.8 Å². The Kier molecular flexibility index (Phi) is 7.80. The number of sulfone groups is 1. The highest BCUT2D eigenvalue weighted by Crippen LogP contribution is 2.29. The molecule has 0 fully saturated rings. The van der Waals surface area contributed by atoms with Gasteiger partial charge in [0, 0.05) is 11.4 Å². The molecule has 0 saturated carbocycles. The molecule has 8 N–H and O–H groups in total. The van der Waals surface area contributed by atoms with Crippen LogP contribution in [0.15, 0.2) is 81.2 Å². The molecular weight excluding hydrogens is 540 g/mol. The number of rotatable bonds is 10. The molecule has 4 atom stereocenters. The number of aliphatic hydroxyl groups excluding tert-OH is 6. The number of carbonyl (C=O) groups is 2. The van der Waals surface area contributed by atoms with Crippen molar-refractivity contribution in [1.29, 1.82) is 0 Å². The Morgan fingerprint density at radius 2 is 1.03 bits per heavy atom. The monoisotopic (exact) mass is 564 g/mol. The van der Waals surface area contributed by atoms with Crippen LogP contribution < -0.4 is 10.6 Å². The number of nitrogens with one attached hydrogen (secondary N) is 2. The van der Waals surface area contributed by atoms with Gasteiger partial charge in [-0.05, 0) is 48.5 Å². The molecule has 0 aromatic heterocycles. The summed E-state index contributed by atoms with van der Waals surface area (Å²) in [5.41, 5.74) is -0.272. The Morgan fingerprint density at radius 3 is 1.33 bits per heavy atom. The highest BCUT2D eigenvalue weighted by atomic mass is 32.2. The first-order valence-electron chi connectivity index (χ1n) is 11.3. The Hall–Kier alpha value is -4.15. The number of benzene rings is 2. The van der Waals surface area contributed by atoms with Gasteiger partial charge in [-0.2, -0.15) is 0 Å². The van der Waals surface area contributed by atoms with E-state index < -0.39 is 70.9 Å². The molecule has 2 heterocycles. The summed E-state index contributed by atoms with van der Waals surface area (Å²) in [6.45, 7) is -1.50. The standard InChI is InChI=1S/C24H24N2O12S/c27-9-15(29)21-19(31)17(23(33)37-21)25-11-1-5-13(6-2-11)39(35,36)14-7-3-12(4-8-14)26-18-20(32)22(16(30)10-28)38-24(18)34/h1-8,15-16,21-22,25-32H,9-10H2/t15-,16-,21+,22+/m0/s1. The summed E-state index contributed by atoms with van der Waals surface area (Å²) < 4.78 is 35.8. The maximum absolute atomic E-state index is 13.1. The Morgan fingerprint density at radius 1 is 0.692 bits per heavy atom.